The van der Waals surface area contributed by atoms with Crippen LogP contribution in [-0.4, -0.2) is 29.0 Å². The summed E-state index contributed by atoms with van der Waals surface area (Å²) < 4.78 is 0. The Hall–Kier alpha value is -1.58. The molecule has 1 aliphatic heterocycles. The predicted octanol–water partition coefficient (Wildman–Crippen LogP) is 3.47. The third-order valence-electron chi connectivity index (χ3n) is 4.64. The van der Waals surface area contributed by atoms with Crippen LogP contribution < -0.4 is 5.32 Å². The Kier molecular flexibility index (Phi) is 3.64. The number of amides is 2. The zero-order valence-corrected chi connectivity index (χ0v) is 12.3. The fourth-order valence-corrected chi connectivity index (χ4v) is 2.91. The SMILES string of the molecule is CC(C)c1ccc(NC(=O)N2CC(C3CCC3)C2)cn1. The molecule has 2 amide bonds. The van der Waals surface area contributed by atoms with Gasteiger partial charge in [-0.25, -0.2) is 4.79 Å². The predicted molar refractivity (Wildman–Crippen MR) is 79.7 cm³/mol. The molecule has 2 aliphatic rings. The molecule has 20 heavy (non-hydrogen) atoms. The fraction of sp³-hybridized carbons (Fsp3) is 0.625. The van der Waals surface area contributed by atoms with Crippen molar-refractivity contribution in [2.75, 3.05) is 18.4 Å². The molecule has 0 atom stereocenters. The van der Waals surface area contributed by atoms with E-state index in [2.05, 4.69) is 24.1 Å². The van der Waals surface area contributed by atoms with Crippen LogP contribution in [0.1, 0.15) is 44.7 Å². The molecule has 0 radical (unpaired) electrons. The van der Waals surface area contributed by atoms with Gasteiger partial charge in [-0.3, -0.25) is 4.98 Å². The first-order valence-corrected chi connectivity index (χ1v) is 7.65. The minimum Gasteiger partial charge on any atom is -0.324 e. The van der Waals surface area contributed by atoms with E-state index in [1.54, 1.807) is 6.20 Å². The van der Waals surface area contributed by atoms with Gasteiger partial charge in [0, 0.05) is 18.8 Å². The van der Waals surface area contributed by atoms with Gasteiger partial charge in [0.2, 0.25) is 0 Å². The molecule has 4 nitrogen and oxygen atoms in total. The molecule has 0 bridgehead atoms. The highest BCUT2D eigenvalue weighted by Crippen LogP contribution is 2.38. The quantitative estimate of drug-likeness (QED) is 0.916. The van der Waals surface area contributed by atoms with Crippen molar-refractivity contribution >= 4 is 11.7 Å². The highest BCUT2D eigenvalue weighted by Gasteiger charge is 2.38. The highest BCUT2D eigenvalue weighted by molar-refractivity contribution is 5.89. The summed E-state index contributed by atoms with van der Waals surface area (Å²) in [5, 5.41) is 2.93. The Morgan fingerprint density at radius 2 is 2.05 bits per heavy atom. The fourth-order valence-electron chi connectivity index (χ4n) is 2.91. The van der Waals surface area contributed by atoms with Crippen LogP contribution in [0.5, 0.6) is 0 Å². The molecule has 0 unspecified atom stereocenters. The van der Waals surface area contributed by atoms with Crippen molar-refractivity contribution in [3.05, 3.63) is 24.0 Å². The summed E-state index contributed by atoms with van der Waals surface area (Å²) in [6.45, 7) is 6.07. The average molecular weight is 273 g/mol. The van der Waals surface area contributed by atoms with Gasteiger partial charge in [0.25, 0.3) is 0 Å². The van der Waals surface area contributed by atoms with Crippen LogP contribution in [0, 0.1) is 11.8 Å². The van der Waals surface area contributed by atoms with E-state index in [0.29, 0.717) is 5.92 Å². The van der Waals surface area contributed by atoms with Gasteiger partial charge in [0.15, 0.2) is 0 Å². The summed E-state index contributed by atoms with van der Waals surface area (Å²) in [7, 11) is 0. The number of carbonyl (C=O) groups excluding carboxylic acids is 1. The third-order valence-corrected chi connectivity index (χ3v) is 4.64. The Morgan fingerprint density at radius 1 is 1.30 bits per heavy atom. The van der Waals surface area contributed by atoms with E-state index in [4.69, 9.17) is 0 Å². The molecule has 4 heteroatoms. The Morgan fingerprint density at radius 3 is 2.55 bits per heavy atom. The van der Waals surface area contributed by atoms with Gasteiger partial charge in [-0.2, -0.15) is 0 Å². The molecule has 1 aromatic rings. The molecule has 1 aromatic heterocycles. The van der Waals surface area contributed by atoms with Crippen LogP contribution in [0.2, 0.25) is 0 Å². The van der Waals surface area contributed by atoms with Gasteiger partial charge in [0.1, 0.15) is 0 Å². The van der Waals surface area contributed by atoms with Gasteiger partial charge < -0.3 is 10.2 Å². The molecular formula is C16H23N3O. The van der Waals surface area contributed by atoms with Crippen molar-refractivity contribution in [2.45, 2.75) is 39.0 Å². The largest absolute Gasteiger partial charge is 0.324 e. The summed E-state index contributed by atoms with van der Waals surface area (Å²) in [5.41, 5.74) is 1.84. The van der Waals surface area contributed by atoms with Crippen LogP contribution in [0.15, 0.2) is 18.3 Å². The molecule has 1 saturated heterocycles. The summed E-state index contributed by atoms with van der Waals surface area (Å²) in [5.74, 6) is 2.04. The third kappa shape index (κ3) is 2.65. The number of hydrogen-bond donors (Lipinski definition) is 1. The van der Waals surface area contributed by atoms with E-state index in [1.165, 1.54) is 19.3 Å². The van der Waals surface area contributed by atoms with Crippen molar-refractivity contribution in [2.24, 2.45) is 11.8 Å². The van der Waals surface area contributed by atoms with Crippen LogP contribution in [0.4, 0.5) is 10.5 Å². The second-order valence-electron chi connectivity index (χ2n) is 6.41. The van der Waals surface area contributed by atoms with E-state index in [-0.39, 0.29) is 6.03 Å². The maximum Gasteiger partial charge on any atom is 0.321 e. The zero-order valence-electron chi connectivity index (χ0n) is 12.3. The number of likely N-dealkylation sites (tertiary alicyclic amines) is 1. The standard InChI is InChI=1S/C16H23N3O/c1-11(2)15-7-6-14(8-17-15)18-16(20)19-9-13(10-19)12-4-3-5-12/h6-8,11-13H,3-5,9-10H2,1-2H3,(H,18,20). The number of nitrogens with zero attached hydrogens (tertiary/aromatic N) is 2. The first-order valence-electron chi connectivity index (χ1n) is 7.65. The van der Waals surface area contributed by atoms with Crippen molar-refractivity contribution in [3.63, 3.8) is 0 Å². The van der Waals surface area contributed by atoms with Crippen LogP contribution in [-0.2, 0) is 0 Å². The summed E-state index contributed by atoms with van der Waals surface area (Å²) in [6, 6.07) is 3.93. The van der Waals surface area contributed by atoms with E-state index in [0.717, 1.165) is 36.3 Å². The summed E-state index contributed by atoms with van der Waals surface area (Å²) in [6.07, 6.45) is 5.85. The lowest BCUT2D eigenvalue weighted by molar-refractivity contribution is 0.0569. The number of pyridine rings is 1. The van der Waals surface area contributed by atoms with Crippen molar-refractivity contribution in [1.29, 1.82) is 0 Å². The van der Waals surface area contributed by atoms with E-state index in [9.17, 15) is 4.79 Å². The Labute approximate surface area is 120 Å². The first-order chi connectivity index (χ1) is 9.63. The zero-order chi connectivity index (χ0) is 14.1. The molecule has 0 spiro atoms. The topological polar surface area (TPSA) is 45.2 Å². The second-order valence-corrected chi connectivity index (χ2v) is 6.41. The molecular weight excluding hydrogens is 250 g/mol. The number of urea groups is 1. The molecule has 2 heterocycles. The lowest BCUT2D eigenvalue weighted by Crippen LogP contribution is -2.55. The van der Waals surface area contributed by atoms with Crippen molar-refractivity contribution < 1.29 is 4.79 Å². The number of nitrogens with one attached hydrogen (secondary N) is 1. The normalized spacial score (nSPS) is 19.6. The smallest absolute Gasteiger partial charge is 0.321 e. The van der Waals surface area contributed by atoms with Crippen LogP contribution >= 0.6 is 0 Å². The molecule has 108 valence electrons. The Balaban J connectivity index is 1.49. The van der Waals surface area contributed by atoms with Gasteiger partial charge in [-0.05, 0) is 29.9 Å². The minimum atomic E-state index is 0.0136. The summed E-state index contributed by atoms with van der Waals surface area (Å²) in [4.78, 5) is 18.3. The van der Waals surface area contributed by atoms with Crippen molar-refractivity contribution in [1.82, 2.24) is 9.88 Å². The maximum absolute atomic E-state index is 12.1. The van der Waals surface area contributed by atoms with Gasteiger partial charge in [-0.1, -0.05) is 33.1 Å². The highest BCUT2D eigenvalue weighted by atomic mass is 16.2. The van der Waals surface area contributed by atoms with Gasteiger partial charge >= 0.3 is 6.03 Å². The number of aromatic nitrogens is 1. The first kappa shape index (κ1) is 13.4. The molecule has 2 fully saturated rings. The monoisotopic (exact) mass is 273 g/mol. The number of carbonyl (C=O) groups is 1. The van der Waals surface area contributed by atoms with Crippen LogP contribution in [0.3, 0.4) is 0 Å². The van der Waals surface area contributed by atoms with Crippen molar-refractivity contribution in [3.8, 4) is 0 Å². The maximum atomic E-state index is 12.1. The molecule has 1 saturated carbocycles. The Bertz CT molecular complexity index is 473. The van der Waals surface area contributed by atoms with E-state index < -0.39 is 0 Å². The minimum absolute atomic E-state index is 0.0136. The molecule has 3 rings (SSSR count). The van der Waals surface area contributed by atoms with Crippen LogP contribution in [0.25, 0.3) is 0 Å². The number of hydrogen-bond acceptors (Lipinski definition) is 2. The summed E-state index contributed by atoms with van der Waals surface area (Å²) >= 11 is 0. The number of anilines is 1. The number of rotatable bonds is 3. The molecule has 1 aliphatic carbocycles. The average Bonchev–Trinajstić information content (AvgIpc) is 2.31. The van der Waals surface area contributed by atoms with E-state index >= 15 is 0 Å². The molecule has 0 aromatic carbocycles. The molecule has 1 N–H and O–H groups in total. The lowest BCUT2D eigenvalue weighted by Gasteiger charge is -2.46. The van der Waals surface area contributed by atoms with E-state index in [1.807, 2.05) is 17.0 Å². The lowest BCUT2D eigenvalue weighted by atomic mass is 9.73. The van der Waals surface area contributed by atoms with Gasteiger partial charge in [0.05, 0.1) is 11.9 Å². The van der Waals surface area contributed by atoms with Gasteiger partial charge in [-0.15, -0.1) is 0 Å². The second kappa shape index (κ2) is 5.43.